The zero-order chi connectivity index (χ0) is 12.6. The van der Waals surface area contributed by atoms with Gasteiger partial charge in [-0.05, 0) is 20.8 Å². The molecule has 6 heteroatoms. The normalized spacial score (nSPS) is 14.9. The third-order valence-electron chi connectivity index (χ3n) is 1.06. The summed E-state index contributed by atoms with van der Waals surface area (Å²) in [6.45, 7) is 4.22. The molecule has 5 N–H and O–H groups in total. The molecule has 0 fully saturated rings. The second-order valence-electron chi connectivity index (χ2n) is 4.15. The molecule has 0 saturated heterocycles. The summed E-state index contributed by atoms with van der Waals surface area (Å²) in [5.74, 6) is -1.14. The molecule has 92 valence electrons. The Labute approximate surface area is 88.7 Å². The molecule has 2 unspecified atom stereocenters. The van der Waals surface area contributed by atoms with Gasteiger partial charge >= 0.3 is 5.97 Å². The molecule has 0 aliphatic carbocycles. The first-order chi connectivity index (χ1) is 6.57. The van der Waals surface area contributed by atoms with Crippen LogP contribution in [0.1, 0.15) is 27.2 Å². The van der Waals surface area contributed by atoms with Crippen LogP contribution in [0.5, 0.6) is 0 Å². The van der Waals surface area contributed by atoms with Crippen molar-refractivity contribution < 1.29 is 24.5 Å². The Morgan fingerprint density at radius 3 is 2.00 bits per heavy atom. The van der Waals surface area contributed by atoms with Crippen molar-refractivity contribution in [2.24, 2.45) is 5.73 Å². The predicted octanol–water partition coefficient (Wildman–Crippen LogP) is -0.104. The molecular formula is C9H20FNO4. The summed E-state index contributed by atoms with van der Waals surface area (Å²) < 4.78 is 11.6. The minimum Gasteiger partial charge on any atom is -0.481 e. The highest BCUT2D eigenvalue weighted by atomic mass is 19.1. The molecule has 0 rings (SSSR count). The SMILES string of the molecule is CC(C)(C)O.NC(CC(=O)O)C(O)CF. The molecule has 0 aromatic carbocycles. The van der Waals surface area contributed by atoms with Crippen molar-refractivity contribution in [2.45, 2.75) is 44.9 Å². The summed E-state index contributed by atoms with van der Waals surface area (Å²) in [4.78, 5) is 9.92. The van der Waals surface area contributed by atoms with Crippen molar-refractivity contribution in [1.29, 1.82) is 0 Å². The van der Waals surface area contributed by atoms with E-state index in [2.05, 4.69) is 0 Å². The van der Waals surface area contributed by atoms with E-state index in [1.54, 1.807) is 20.8 Å². The van der Waals surface area contributed by atoms with Crippen LogP contribution in [0.2, 0.25) is 0 Å². The second kappa shape index (κ2) is 7.56. The van der Waals surface area contributed by atoms with Crippen LogP contribution in [0.25, 0.3) is 0 Å². The lowest BCUT2D eigenvalue weighted by atomic mass is 10.1. The quantitative estimate of drug-likeness (QED) is 0.534. The average Bonchev–Trinajstić information content (AvgIpc) is 1.98. The third-order valence-corrected chi connectivity index (χ3v) is 1.06. The molecule has 0 bridgehead atoms. The predicted molar refractivity (Wildman–Crippen MR) is 54.2 cm³/mol. The van der Waals surface area contributed by atoms with Gasteiger partial charge in [-0.15, -0.1) is 0 Å². The number of nitrogens with two attached hydrogens (primary N) is 1. The molecule has 0 aliphatic heterocycles. The molecule has 0 aromatic heterocycles. The summed E-state index contributed by atoms with van der Waals surface area (Å²) >= 11 is 0. The summed E-state index contributed by atoms with van der Waals surface area (Å²) in [5, 5.41) is 25.2. The second-order valence-corrected chi connectivity index (χ2v) is 4.15. The maximum Gasteiger partial charge on any atom is 0.305 e. The summed E-state index contributed by atoms with van der Waals surface area (Å²) in [5.41, 5.74) is 4.56. The van der Waals surface area contributed by atoms with E-state index in [-0.39, 0.29) is 0 Å². The van der Waals surface area contributed by atoms with Gasteiger partial charge in [0.25, 0.3) is 0 Å². The molecule has 0 aliphatic rings. The fraction of sp³-hybridized carbons (Fsp3) is 0.889. The van der Waals surface area contributed by atoms with E-state index in [1.165, 1.54) is 0 Å². The average molecular weight is 225 g/mol. The number of rotatable bonds is 4. The van der Waals surface area contributed by atoms with Gasteiger partial charge < -0.3 is 21.1 Å². The van der Waals surface area contributed by atoms with Gasteiger partial charge in [-0.1, -0.05) is 0 Å². The van der Waals surface area contributed by atoms with E-state index in [0.29, 0.717) is 0 Å². The Kier molecular flexibility index (Phi) is 8.41. The van der Waals surface area contributed by atoms with E-state index in [9.17, 15) is 9.18 Å². The van der Waals surface area contributed by atoms with Crippen LogP contribution >= 0.6 is 0 Å². The maximum atomic E-state index is 11.6. The van der Waals surface area contributed by atoms with Gasteiger partial charge in [0.05, 0.1) is 18.1 Å². The fourth-order valence-electron chi connectivity index (χ4n) is 0.452. The van der Waals surface area contributed by atoms with Crippen molar-refractivity contribution in [1.82, 2.24) is 0 Å². The first kappa shape index (κ1) is 16.7. The lowest BCUT2D eigenvalue weighted by Crippen LogP contribution is -2.37. The summed E-state index contributed by atoms with van der Waals surface area (Å²) in [6.07, 6.45) is -1.78. The minimum atomic E-state index is -1.36. The number of carboxylic acids is 1. The number of carbonyl (C=O) groups is 1. The van der Waals surface area contributed by atoms with E-state index in [4.69, 9.17) is 21.1 Å². The lowest BCUT2D eigenvalue weighted by molar-refractivity contribution is -0.138. The number of aliphatic carboxylic acids is 1. The molecule has 0 heterocycles. The molecule has 0 amide bonds. The highest BCUT2D eigenvalue weighted by molar-refractivity contribution is 5.67. The maximum absolute atomic E-state index is 11.6. The number of hydrogen-bond acceptors (Lipinski definition) is 4. The van der Waals surface area contributed by atoms with E-state index in [1.807, 2.05) is 0 Å². The standard InChI is InChI=1S/C5H10FNO3.C4H10O/c6-2-4(8)3(7)1-5(9)10;1-4(2,3)5/h3-4,8H,1-2,7H2,(H,9,10);5H,1-3H3. The third kappa shape index (κ3) is 19.6. The van der Waals surface area contributed by atoms with E-state index in [0.717, 1.165) is 0 Å². The zero-order valence-corrected chi connectivity index (χ0v) is 9.27. The Morgan fingerprint density at radius 1 is 1.47 bits per heavy atom. The van der Waals surface area contributed by atoms with Crippen LogP contribution < -0.4 is 5.73 Å². The monoisotopic (exact) mass is 225 g/mol. The van der Waals surface area contributed by atoms with Crippen molar-refractivity contribution >= 4 is 5.97 Å². The highest BCUT2D eigenvalue weighted by Gasteiger charge is 2.16. The van der Waals surface area contributed by atoms with Crippen LogP contribution in [0.15, 0.2) is 0 Å². The molecule has 5 nitrogen and oxygen atoms in total. The number of aliphatic hydroxyl groups excluding tert-OH is 1. The van der Waals surface area contributed by atoms with Crippen molar-refractivity contribution in [2.75, 3.05) is 6.67 Å². The molecule has 2 atom stereocenters. The van der Waals surface area contributed by atoms with Gasteiger partial charge in [-0.25, -0.2) is 4.39 Å². The highest BCUT2D eigenvalue weighted by Crippen LogP contribution is 1.96. The van der Waals surface area contributed by atoms with Crippen LogP contribution in [0.3, 0.4) is 0 Å². The van der Waals surface area contributed by atoms with Crippen LogP contribution in [0.4, 0.5) is 4.39 Å². The number of carboxylic acid groups (broad SMARTS) is 1. The number of alkyl halides is 1. The Hall–Kier alpha value is -0.720. The summed E-state index contributed by atoms with van der Waals surface area (Å²) in [7, 11) is 0. The van der Waals surface area contributed by atoms with Crippen LogP contribution in [0, 0.1) is 0 Å². The van der Waals surface area contributed by atoms with Crippen molar-refractivity contribution in [3.8, 4) is 0 Å². The first-order valence-electron chi connectivity index (χ1n) is 4.51. The number of halogens is 1. The van der Waals surface area contributed by atoms with E-state index < -0.39 is 36.8 Å². The van der Waals surface area contributed by atoms with Gasteiger partial charge in [0.1, 0.15) is 6.67 Å². The number of hydrogen-bond donors (Lipinski definition) is 4. The van der Waals surface area contributed by atoms with Crippen LogP contribution in [-0.2, 0) is 4.79 Å². The Balaban J connectivity index is 0. The number of aliphatic hydroxyl groups is 2. The zero-order valence-electron chi connectivity index (χ0n) is 9.27. The van der Waals surface area contributed by atoms with Gasteiger partial charge in [0.2, 0.25) is 0 Å². The van der Waals surface area contributed by atoms with Gasteiger partial charge in [0, 0.05) is 6.04 Å². The van der Waals surface area contributed by atoms with Gasteiger partial charge in [-0.3, -0.25) is 4.79 Å². The van der Waals surface area contributed by atoms with E-state index >= 15 is 0 Å². The van der Waals surface area contributed by atoms with Crippen molar-refractivity contribution in [3.05, 3.63) is 0 Å². The smallest absolute Gasteiger partial charge is 0.305 e. The molecule has 0 saturated carbocycles. The molecule has 15 heavy (non-hydrogen) atoms. The Morgan fingerprint density at radius 2 is 1.80 bits per heavy atom. The molecule has 0 radical (unpaired) electrons. The first-order valence-corrected chi connectivity index (χ1v) is 4.51. The largest absolute Gasteiger partial charge is 0.481 e. The van der Waals surface area contributed by atoms with Crippen LogP contribution in [-0.4, -0.2) is 45.7 Å². The molecule has 0 spiro atoms. The van der Waals surface area contributed by atoms with Crippen molar-refractivity contribution in [3.63, 3.8) is 0 Å². The molecular weight excluding hydrogens is 205 g/mol. The minimum absolute atomic E-state index is 0.412. The molecule has 0 aromatic rings. The van der Waals surface area contributed by atoms with Gasteiger partial charge in [0.15, 0.2) is 0 Å². The topological polar surface area (TPSA) is 104 Å². The summed E-state index contributed by atoms with van der Waals surface area (Å²) in [6, 6.07) is -1.01. The fourth-order valence-corrected chi connectivity index (χ4v) is 0.452. The van der Waals surface area contributed by atoms with Gasteiger partial charge in [-0.2, -0.15) is 0 Å². The Bertz CT molecular complexity index is 175. The lowest BCUT2D eigenvalue weighted by Gasteiger charge is -2.12.